The van der Waals surface area contributed by atoms with E-state index in [1.54, 1.807) is 11.9 Å². The van der Waals surface area contributed by atoms with E-state index >= 15 is 0 Å². The fourth-order valence-corrected chi connectivity index (χ4v) is 3.65. The van der Waals surface area contributed by atoms with Crippen molar-refractivity contribution >= 4 is 22.7 Å². The molecule has 8 nitrogen and oxygen atoms in total. The first-order valence-corrected chi connectivity index (χ1v) is 9.29. The normalized spacial score (nSPS) is 15.1. The lowest BCUT2D eigenvalue weighted by Gasteiger charge is -2.31. The van der Waals surface area contributed by atoms with Crippen LogP contribution < -0.4 is 5.56 Å². The number of carbonyl (C=O) groups excluding carboxylic acids is 2. The van der Waals surface area contributed by atoms with Gasteiger partial charge < -0.3 is 4.90 Å². The van der Waals surface area contributed by atoms with E-state index in [4.69, 9.17) is 0 Å². The highest BCUT2D eigenvalue weighted by Gasteiger charge is 2.28. The third-order valence-corrected chi connectivity index (χ3v) is 5.30. The quantitative estimate of drug-likeness (QED) is 0.637. The first kappa shape index (κ1) is 18.1. The van der Waals surface area contributed by atoms with Crippen molar-refractivity contribution in [1.29, 1.82) is 0 Å². The molecule has 28 heavy (non-hydrogen) atoms. The Morgan fingerprint density at radius 1 is 1.14 bits per heavy atom. The molecule has 0 radical (unpaired) electrons. The second-order valence-electron chi connectivity index (χ2n) is 7.07. The van der Waals surface area contributed by atoms with E-state index in [0.717, 1.165) is 5.56 Å². The number of piperidine rings is 1. The molecule has 4 rings (SSSR count). The van der Waals surface area contributed by atoms with Gasteiger partial charge in [0.1, 0.15) is 18.3 Å². The molecule has 1 aromatic carbocycles. The van der Waals surface area contributed by atoms with Crippen molar-refractivity contribution in [3.05, 3.63) is 58.8 Å². The van der Waals surface area contributed by atoms with Crippen LogP contribution >= 0.6 is 0 Å². The summed E-state index contributed by atoms with van der Waals surface area (Å²) < 4.78 is 2.84. The standard InChI is InChI=1S/C20H21N5O3/c1-23-19-16(11-22-23)20(28)25(13-21-19)12-17(26)24-9-7-15(8-10-24)18(27)14-5-3-2-4-6-14/h2-6,11,13,15H,7-10,12H2,1H3. The highest BCUT2D eigenvalue weighted by molar-refractivity contribution is 5.98. The fraction of sp³-hybridized carbons (Fsp3) is 0.350. The van der Waals surface area contributed by atoms with Gasteiger partial charge in [0.05, 0.1) is 6.20 Å². The average molecular weight is 379 g/mol. The minimum atomic E-state index is -0.277. The Labute approximate surface area is 161 Å². The van der Waals surface area contributed by atoms with E-state index in [9.17, 15) is 14.4 Å². The van der Waals surface area contributed by atoms with Gasteiger partial charge in [0, 0.05) is 31.6 Å². The van der Waals surface area contributed by atoms with Crippen LogP contribution in [0.25, 0.3) is 11.0 Å². The van der Waals surface area contributed by atoms with Crippen molar-refractivity contribution in [2.45, 2.75) is 19.4 Å². The first-order valence-electron chi connectivity index (χ1n) is 9.29. The maximum Gasteiger partial charge on any atom is 0.264 e. The van der Waals surface area contributed by atoms with Crippen molar-refractivity contribution < 1.29 is 9.59 Å². The van der Waals surface area contributed by atoms with Gasteiger partial charge in [-0.15, -0.1) is 0 Å². The van der Waals surface area contributed by atoms with E-state index in [1.807, 2.05) is 30.3 Å². The molecule has 8 heteroatoms. The highest BCUT2D eigenvalue weighted by atomic mass is 16.2. The molecule has 1 aliphatic heterocycles. The molecule has 0 unspecified atom stereocenters. The van der Waals surface area contributed by atoms with E-state index in [-0.39, 0.29) is 29.7 Å². The number of carbonyl (C=O) groups is 2. The summed E-state index contributed by atoms with van der Waals surface area (Å²) in [6.45, 7) is 0.965. The molecular weight excluding hydrogens is 358 g/mol. The van der Waals surface area contributed by atoms with Crippen LogP contribution in [-0.4, -0.2) is 49.0 Å². The van der Waals surface area contributed by atoms with Crippen LogP contribution in [0.3, 0.4) is 0 Å². The van der Waals surface area contributed by atoms with Crippen molar-refractivity contribution in [2.24, 2.45) is 13.0 Å². The summed E-state index contributed by atoms with van der Waals surface area (Å²) in [6.07, 6.45) is 4.12. The number of ketones is 1. The number of rotatable bonds is 4. The Morgan fingerprint density at radius 2 is 1.86 bits per heavy atom. The van der Waals surface area contributed by atoms with E-state index in [2.05, 4.69) is 10.1 Å². The number of aromatic nitrogens is 4. The Balaban J connectivity index is 1.40. The van der Waals surface area contributed by atoms with Gasteiger partial charge in [-0.2, -0.15) is 5.10 Å². The minimum absolute atomic E-state index is 0.0615. The minimum Gasteiger partial charge on any atom is -0.341 e. The summed E-state index contributed by atoms with van der Waals surface area (Å²) in [5.74, 6) is -0.0736. The maximum absolute atomic E-state index is 12.6. The number of fused-ring (bicyclic) bond motifs is 1. The Bertz CT molecular complexity index is 1080. The maximum atomic E-state index is 12.6. The first-order chi connectivity index (χ1) is 13.5. The van der Waals surface area contributed by atoms with Crippen LogP contribution in [0.2, 0.25) is 0 Å². The molecule has 1 amide bonds. The average Bonchev–Trinajstić information content (AvgIpc) is 3.12. The lowest BCUT2D eigenvalue weighted by molar-refractivity contribution is -0.133. The fourth-order valence-electron chi connectivity index (χ4n) is 3.65. The summed E-state index contributed by atoms with van der Waals surface area (Å²) in [6, 6.07) is 9.26. The molecule has 1 fully saturated rings. The molecule has 0 bridgehead atoms. The zero-order valence-electron chi connectivity index (χ0n) is 15.6. The third kappa shape index (κ3) is 3.33. The molecule has 0 aliphatic carbocycles. The van der Waals surface area contributed by atoms with Crippen LogP contribution in [0.4, 0.5) is 0 Å². The van der Waals surface area contributed by atoms with Gasteiger partial charge in [0.15, 0.2) is 11.4 Å². The van der Waals surface area contributed by atoms with Crippen LogP contribution in [-0.2, 0) is 18.4 Å². The molecule has 3 heterocycles. The van der Waals surface area contributed by atoms with Gasteiger partial charge in [0.25, 0.3) is 5.56 Å². The highest BCUT2D eigenvalue weighted by Crippen LogP contribution is 2.22. The number of amides is 1. The number of hydrogen-bond acceptors (Lipinski definition) is 5. The number of Topliss-reactive ketones (excluding diaryl/α,β-unsaturated/α-hetero) is 1. The van der Waals surface area contributed by atoms with E-state index in [1.165, 1.54) is 21.8 Å². The second kappa shape index (κ2) is 7.38. The predicted octanol–water partition coefficient (Wildman–Crippen LogP) is 1.25. The summed E-state index contributed by atoms with van der Waals surface area (Å²) in [5, 5.41) is 4.42. The van der Waals surface area contributed by atoms with E-state index in [0.29, 0.717) is 37.0 Å². The molecular formula is C20H21N5O3. The zero-order chi connectivity index (χ0) is 19.7. The summed E-state index contributed by atoms with van der Waals surface area (Å²) in [4.78, 5) is 43.7. The molecule has 1 aliphatic rings. The summed E-state index contributed by atoms with van der Waals surface area (Å²) in [7, 11) is 1.71. The largest absolute Gasteiger partial charge is 0.341 e. The lowest BCUT2D eigenvalue weighted by Crippen LogP contribution is -2.42. The molecule has 2 aromatic heterocycles. The number of hydrogen-bond donors (Lipinski definition) is 0. The monoisotopic (exact) mass is 379 g/mol. The summed E-state index contributed by atoms with van der Waals surface area (Å²) >= 11 is 0. The number of nitrogens with zero attached hydrogens (tertiary/aromatic N) is 5. The molecule has 0 saturated carbocycles. The topological polar surface area (TPSA) is 90.1 Å². The number of aryl methyl sites for hydroxylation is 1. The Hall–Kier alpha value is -3.29. The van der Waals surface area contributed by atoms with Crippen LogP contribution in [0.5, 0.6) is 0 Å². The lowest BCUT2D eigenvalue weighted by atomic mass is 9.89. The number of likely N-dealkylation sites (tertiary alicyclic amines) is 1. The predicted molar refractivity (Wildman–Crippen MR) is 103 cm³/mol. The zero-order valence-corrected chi connectivity index (χ0v) is 15.6. The van der Waals surface area contributed by atoms with Crippen molar-refractivity contribution in [3.63, 3.8) is 0 Å². The summed E-state index contributed by atoms with van der Waals surface area (Å²) in [5.41, 5.74) is 0.934. The van der Waals surface area contributed by atoms with Crippen molar-refractivity contribution in [1.82, 2.24) is 24.2 Å². The van der Waals surface area contributed by atoms with Gasteiger partial charge >= 0.3 is 0 Å². The third-order valence-electron chi connectivity index (χ3n) is 5.30. The Morgan fingerprint density at radius 3 is 2.57 bits per heavy atom. The van der Waals surface area contributed by atoms with Gasteiger partial charge in [-0.05, 0) is 12.8 Å². The molecule has 3 aromatic rings. The second-order valence-corrected chi connectivity index (χ2v) is 7.07. The van der Waals surface area contributed by atoms with Crippen LogP contribution in [0, 0.1) is 5.92 Å². The van der Waals surface area contributed by atoms with Gasteiger partial charge in [-0.3, -0.25) is 23.6 Å². The molecule has 0 spiro atoms. The van der Waals surface area contributed by atoms with Crippen LogP contribution in [0.1, 0.15) is 23.2 Å². The smallest absolute Gasteiger partial charge is 0.264 e. The SMILES string of the molecule is Cn1ncc2c(=O)n(CC(=O)N3CCC(C(=O)c4ccccc4)CC3)cnc21. The molecule has 0 N–H and O–H groups in total. The molecule has 1 saturated heterocycles. The van der Waals surface area contributed by atoms with Gasteiger partial charge in [-0.1, -0.05) is 30.3 Å². The van der Waals surface area contributed by atoms with Crippen molar-refractivity contribution in [3.8, 4) is 0 Å². The number of benzene rings is 1. The van der Waals surface area contributed by atoms with Gasteiger partial charge in [-0.25, -0.2) is 4.98 Å². The molecule has 144 valence electrons. The van der Waals surface area contributed by atoms with E-state index < -0.39 is 0 Å². The molecule has 0 atom stereocenters. The van der Waals surface area contributed by atoms with Gasteiger partial charge in [0.2, 0.25) is 5.91 Å². The van der Waals surface area contributed by atoms with Crippen molar-refractivity contribution in [2.75, 3.05) is 13.1 Å². The Kier molecular flexibility index (Phi) is 4.77. The van der Waals surface area contributed by atoms with Crippen LogP contribution in [0.15, 0.2) is 47.7 Å².